The molecule has 0 saturated carbocycles. The van der Waals surface area contributed by atoms with Crippen LogP contribution < -0.4 is 4.90 Å². The largest absolute Gasteiger partial charge is 0.465 e. The van der Waals surface area contributed by atoms with Crippen LogP contribution in [-0.4, -0.2) is 40.7 Å². The maximum absolute atomic E-state index is 13.1. The van der Waals surface area contributed by atoms with Gasteiger partial charge in [0.1, 0.15) is 22.7 Å². The van der Waals surface area contributed by atoms with Crippen LogP contribution in [0.15, 0.2) is 41.7 Å². The highest BCUT2D eigenvalue weighted by atomic mass is 32.2. The number of fused-ring (bicyclic) bond motifs is 3. The number of aromatic nitrogens is 2. The van der Waals surface area contributed by atoms with Crippen molar-refractivity contribution in [3.8, 4) is 0 Å². The van der Waals surface area contributed by atoms with E-state index in [1.54, 1.807) is 24.6 Å². The maximum Gasteiger partial charge on any atom is 0.326 e. The van der Waals surface area contributed by atoms with Gasteiger partial charge in [-0.25, -0.2) is 9.97 Å². The van der Waals surface area contributed by atoms with E-state index in [1.165, 1.54) is 39.9 Å². The number of hydrogen-bond donors (Lipinski definition) is 0. The molecule has 0 saturated heterocycles. The highest BCUT2D eigenvalue weighted by molar-refractivity contribution is 8.00. The van der Waals surface area contributed by atoms with Gasteiger partial charge in [-0.05, 0) is 50.3 Å². The van der Waals surface area contributed by atoms with Gasteiger partial charge < -0.3 is 9.64 Å². The normalized spacial score (nSPS) is 13.1. The molecular formula is C22H23N3O3S2. The van der Waals surface area contributed by atoms with Crippen LogP contribution in [0.2, 0.25) is 0 Å². The Balaban J connectivity index is 1.55. The minimum absolute atomic E-state index is 0.107. The Kier molecular flexibility index (Phi) is 6.64. The van der Waals surface area contributed by atoms with E-state index in [1.807, 2.05) is 30.3 Å². The SMILES string of the molecule is CCOC(=O)CN(C(=O)CSc1ncnc2sc3c(c12)CCCC3)c1ccccc1. The van der Waals surface area contributed by atoms with Crippen molar-refractivity contribution in [1.29, 1.82) is 0 Å². The number of amides is 1. The lowest BCUT2D eigenvalue weighted by atomic mass is 9.97. The molecule has 30 heavy (non-hydrogen) atoms. The second-order valence-electron chi connectivity index (χ2n) is 6.98. The van der Waals surface area contributed by atoms with E-state index in [2.05, 4.69) is 9.97 Å². The fourth-order valence-electron chi connectivity index (χ4n) is 3.65. The van der Waals surface area contributed by atoms with Gasteiger partial charge in [-0.15, -0.1) is 11.3 Å². The summed E-state index contributed by atoms with van der Waals surface area (Å²) in [6.07, 6.45) is 6.11. The molecule has 1 amide bonds. The Morgan fingerprint density at radius 1 is 1.17 bits per heavy atom. The molecule has 0 fully saturated rings. The van der Waals surface area contributed by atoms with Crippen molar-refractivity contribution in [3.05, 3.63) is 47.1 Å². The third-order valence-electron chi connectivity index (χ3n) is 5.01. The Bertz CT molecular complexity index is 1050. The molecule has 8 heteroatoms. The molecule has 3 aromatic rings. The standard InChI is InChI=1S/C22H23N3O3S2/c1-2-28-19(27)12-25(15-8-4-3-5-9-15)18(26)13-29-21-20-16-10-6-7-11-17(16)30-22(20)24-14-23-21/h3-5,8-9,14H,2,6-7,10-13H2,1H3. The molecule has 1 aromatic carbocycles. The number of carbonyl (C=O) groups is 2. The number of rotatable bonds is 7. The van der Waals surface area contributed by atoms with Crippen LogP contribution in [0, 0.1) is 0 Å². The summed E-state index contributed by atoms with van der Waals surface area (Å²) in [7, 11) is 0. The number of nitrogens with zero attached hydrogens (tertiary/aromatic N) is 3. The van der Waals surface area contributed by atoms with Gasteiger partial charge in [0, 0.05) is 16.0 Å². The number of aryl methyl sites for hydroxylation is 2. The first-order valence-electron chi connectivity index (χ1n) is 10.1. The number of thiophene rings is 1. The zero-order valence-corrected chi connectivity index (χ0v) is 18.4. The van der Waals surface area contributed by atoms with E-state index < -0.39 is 5.97 Å². The zero-order chi connectivity index (χ0) is 20.9. The summed E-state index contributed by atoms with van der Waals surface area (Å²) in [5.41, 5.74) is 2.03. The molecule has 0 radical (unpaired) electrons. The van der Waals surface area contributed by atoms with Crippen molar-refractivity contribution >= 4 is 50.9 Å². The summed E-state index contributed by atoms with van der Waals surface area (Å²) >= 11 is 3.16. The third-order valence-corrected chi connectivity index (χ3v) is 7.18. The summed E-state index contributed by atoms with van der Waals surface area (Å²) in [5, 5.41) is 1.95. The van der Waals surface area contributed by atoms with E-state index in [0.29, 0.717) is 5.69 Å². The van der Waals surface area contributed by atoms with Crippen LogP contribution >= 0.6 is 23.1 Å². The molecule has 0 aliphatic heterocycles. The van der Waals surface area contributed by atoms with Crippen LogP contribution in [0.25, 0.3) is 10.2 Å². The number of ether oxygens (including phenoxy) is 1. The smallest absolute Gasteiger partial charge is 0.326 e. The van der Waals surface area contributed by atoms with E-state index in [9.17, 15) is 9.59 Å². The predicted octanol–water partition coefficient (Wildman–Crippen LogP) is 4.26. The Morgan fingerprint density at radius 2 is 1.97 bits per heavy atom. The van der Waals surface area contributed by atoms with Crippen LogP contribution in [0.5, 0.6) is 0 Å². The van der Waals surface area contributed by atoms with Crippen LogP contribution in [0.4, 0.5) is 5.69 Å². The average molecular weight is 442 g/mol. The number of para-hydroxylation sites is 1. The summed E-state index contributed by atoms with van der Waals surface area (Å²) in [5.74, 6) is -0.392. The third kappa shape index (κ3) is 4.49. The van der Waals surface area contributed by atoms with Gasteiger partial charge in [0.05, 0.1) is 12.4 Å². The molecule has 156 valence electrons. The molecule has 0 spiro atoms. The molecule has 0 atom stereocenters. The van der Waals surface area contributed by atoms with Crippen molar-refractivity contribution in [2.45, 2.75) is 37.6 Å². The van der Waals surface area contributed by atoms with Gasteiger partial charge in [-0.1, -0.05) is 30.0 Å². The average Bonchev–Trinajstić information content (AvgIpc) is 3.16. The molecule has 2 aromatic heterocycles. The first-order chi connectivity index (χ1) is 14.7. The van der Waals surface area contributed by atoms with Gasteiger partial charge in [-0.3, -0.25) is 9.59 Å². The number of esters is 1. The maximum atomic E-state index is 13.1. The van der Waals surface area contributed by atoms with Crippen molar-refractivity contribution in [1.82, 2.24) is 9.97 Å². The van der Waals surface area contributed by atoms with E-state index in [-0.39, 0.29) is 24.8 Å². The topological polar surface area (TPSA) is 72.4 Å². The molecule has 1 aliphatic carbocycles. The lowest BCUT2D eigenvalue weighted by Gasteiger charge is -2.21. The Hall–Kier alpha value is -2.45. The molecule has 0 unspecified atom stereocenters. The quantitative estimate of drug-likeness (QED) is 0.310. The van der Waals surface area contributed by atoms with Crippen molar-refractivity contribution in [2.75, 3.05) is 23.8 Å². The highest BCUT2D eigenvalue weighted by Crippen LogP contribution is 2.39. The van der Waals surface area contributed by atoms with E-state index in [0.717, 1.165) is 28.1 Å². The summed E-state index contributed by atoms with van der Waals surface area (Å²) in [6.45, 7) is 1.93. The first kappa shape index (κ1) is 20.8. The lowest BCUT2D eigenvalue weighted by Crippen LogP contribution is -2.37. The summed E-state index contributed by atoms with van der Waals surface area (Å²) in [6, 6.07) is 9.21. The fourth-order valence-corrected chi connectivity index (χ4v) is 5.84. The van der Waals surface area contributed by atoms with E-state index in [4.69, 9.17) is 4.74 Å². The van der Waals surface area contributed by atoms with Gasteiger partial charge >= 0.3 is 5.97 Å². The number of thioether (sulfide) groups is 1. The summed E-state index contributed by atoms with van der Waals surface area (Å²) in [4.78, 5) is 38.0. The number of carbonyl (C=O) groups excluding carboxylic acids is 2. The molecule has 4 rings (SSSR count). The van der Waals surface area contributed by atoms with Crippen molar-refractivity contribution in [2.24, 2.45) is 0 Å². The van der Waals surface area contributed by atoms with Gasteiger partial charge in [0.15, 0.2) is 0 Å². The Labute approximate surface area is 183 Å². The number of benzene rings is 1. The zero-order valence-electron chi connectivity index (χ0n) is 16.8. The first-order valence-corrected chi connectivity index (χ1v) is 11.9. The van der Waals surface area contributed by atoms with Gasteiger partial charge in [0.25, 0.3) is 0 Å². The fraction of sp³-hybridized carbons (Fsp3) is 0.364. The van der Waals surface area contributed by atoms with Crippen LogP contribution in [0.3, 0.4) is 0 Å². The monoisotopic (exact) mass is 441 g/mol. The minimum Gasteiger partial charge on any atom is -0.465 e. The molecule has 2 heterocycles. The molecule has 0 N–H and O–H groups in total. The molecular weight excluding hydrogens is 418 g/mol. The lowest BCUT2D eigenvalue weighted by molar-refractivity contribution is -0.142. The minimum atomic E-state index is -0.420. The number of anilines is 1. The second-order valence-corrected chi connectivity index (χ2v) is 9.03. The second kappa shape index (κ2) is 9.57. The molecule has 0 bridgehead atoms. The van der Waals surface area contributed by atoms with Crippen LogP contribution in [-0.2, 0) is 27.2 Å². The van der Waals surface area contributed by atoms with Crippen molar-refractivity contribution < 1.29 is 14.3 Å². The summed E-state index contributed by atoms with van der Waals surface area (Å²) < 4.78 is 5.06. The van der Waals surface area contributed by atoms with Gasteiger partial charge in [-0.2, -0.15) is 0 Å². The van der Waals surface area contributed by atoms with Gasteiger partial charge in [0.2, 0.25) is 5.91 Å². The molecule has 6 nitrogen and oxygen atoms in total. The predicted molar refractivity (Wildman–Crippen MR) is 120 cm³/mol. The van der Waals surface area contributed by atoms with Crippen LogP contribution in [0.1, 0.15) is 30.2 Å². The highest BCUT2D eigenvalue weighted by Gasteiger charge is 2.23. The number of hydrogen-bond acceptors (Lipinski definition) is 7. The molecule has 1 aliphatic rings. The van der Waals surface area contributed by atoms with E-state index >= 15 is 0 Å². The Morgan fingerprint density at radius 3 is 2.77 bits per heavy atom. The van der Waals surface area contributed by atoms with Crippen molar-refractivity contribution in [3.63, 3.8) is 0 Å².